The molecule has 1 saturated carbocycles. The van der Waals surface area contributed by atoms with Crippen LogP contribution in [0.4, 0.5) is 15.8 Å². The molecule has 6 atom stereocenters. The van der Waals surface area contributed by atoms with E-state index in [0.29, 0.717) is 28.1 Å². The van der Waals surface area contributed by atoms with Crippen LogP contribution in [0.5, 0.6) is 11.5 Å². The number of hydrogen-bond acceptors (Lipinski definition) is 6. The van der Waals surface area contributed by atoms with E-state index in [9.17, 15) is 28.7 Å². The second kappa shape index (κ2) is 10.0. The molecule has 1 N–H and O–H groups in total. The molecule has 0 aromatic heterocycles. The molecule has 4 amide bonds. The van der Waals surface area contributed by atoms with Crippen molar-refractivity contribution in [3.05, 3.63) is 108 Å². The van der Waals surface area contributed by atoms with Gasteiger partial charge in [-0.1, -0.05) is 29.8 Å². The van der Waals surface area contributed by atoms with Crippen molar-refractivity contribution in [1.82, 2.24) is 0 Å². The van der Waals surface area contributed by atoms with Crippen LogP contribution in [0.1, 0.15) is 18.4 Å². The van der Waals surface area contributed by atoms with Crippen molar-refractivity contribution in [3.63, 3.8) is 0 Å². The van der Waals surface area contributed by atoms with Gasteiger partial charge in [0, 0.05) is 17.9 Å². The molecule has 8 rings (SSSR count). The smallest absolute Gasteiger partial charge is 0.258 e. The van der Waals surface area contributed by atoms with Crippen molar-refractivity contribution >= 4 is 58.2 Å². The van der Waals surface area contributed by atoms with Gasteiger partial charge in [-0.3, -0.25) is 24.1 Å². The van der Waals surface area contributed by atoms with Crippen molar-refractivity contribution in [2.75, 3.05) is 9.80 Å². The average molecular weight is 659 g/mol. The number of phenolic OH excluding ortho intramolecular Hbond substituents is 1. The van der Waals surface area contributed by atoms with E-state index in [0.717, 1.165) is 17.0 Å². The quantitative estimate of drug-likeness (QED) is 0.222. The summed E-state index contributed by atoms with van der Waals surface area (Å²) >= 11 is 14.8. The molecule has 0 spiro atoms. The topological polar surface area (TPSA) is 104 Å². The fourth-order valence-corrected chi connectivity index (χ4v) is 8.99. The van der Waals surface area contributed by atoms with Gasteiger partial charge >= 0.3 is 0 Å². The lowest BCUT2D eigenvalue weighted by Gasteiger charge is -2.51. The Morgan fingerprint density at radius 1 is 0.848 bits per heavy atom. The van der Waals surface area contributed by atoms with Crippen LogP contribution in [0.3, 0.4) is 0 Å². The van der Waals surface area contributed by atoms with Crippen LogP contribution >= 0.6 is 23.2 Å². The van der Waals surface area contributed by atoms with Gasteiger partial charge in [0.2, 0.25) is 11.8 Å². The summed E-state index contributed by atoms with van der Waals surface area (Å²) in [6, 6.07) is 18.2. The Labute approximate surface area is 272 Å². The van der Waals surface area contributed by atoms with E-state index in [-0.39, 0.29) is 36.6 Å². The molecule has 0 radical (unpaired) electrons. The minimum absolute atomic E-state index is 0.0165. The zero-order valence-corrected chi connectivity index (χ0v) is 25.5. The molecular formula is C35H25Cl2FN2O6. The Kier molecular flexibility index (Phi) is 6.31. The first-order chi connectivity index (χ1) is 22.0. The highest BCUT2D eigenvalue weighted by Crippen LogP contribution is 2.65. The Morgan fingerprint density at radius 2 is 1.57 bits per heavy atom. The summed E-state index contributed by atoms with van der Waals surface area (Å²) in [5.74, 6) is -5.64. The van der Waals surface area contributed by atoms with Gasteiger partial charge in [-0.2, -0.15) is 0 Å². The van der Waals surface area contributed by atoms with Crippen LogP contribution in [0.15, 0.2) is 96.3 Å². The van der Waals surface area contributed by atoms with Gasteiger partial charge in [0.15, 0.2) is 9.75 Å². The Balaban J connectivity index is 1.28. The molecule has 11 heteroatoms. The van der Waals surface area contributed by atoms with Crippen LogP contribution in [0.25, 0.3) is 0 Å². The number of rotatable bonds is 3. The molecule has 3 heterocycles. The summed E-state index contributed by atoms with van der Waals surface area (Å²) < 4.78 is 19.8. The zero-order chi connectivity index (χ0) is 32.1. The summed E-state index contributed by atoms with van der Waals surface area (Å²) in [5.41, 5.74) is 2.33. The zero-order valence-electron chi connectivity index (χ0n) is 24.0. The summed E-state index contributed by atoms with van der Waals surface area (Å²) in [7, 11) is 0. The molecule has 5 aliphatic rings. The number of carbonyl (C=O) groups is 4. The first kappa shape index (κ1) is 29.0. The fraction of sp³-hybridized carbons (Fsp3) is 0.257. The SMILES string of the molecule is O=C1C2CC=C3C(CC4(Cl)C(=O)N(c5ccc(F)cc5)C(=O)C4(Cl)C3C3=COc4ccc(O)cc4C3)C2C(=O)N1c1ccccc1. The third-order valence-electron chi connectivity index (χ3n) is 10.1. The molecule has 2 aliphatic carbocycles. The maximum Gasteiger partial charge on any atom is 0.258 e. The number of aromatic hydroxyl groups is 1. The summed E-state index contributed by atoms with van der Waals surface area (Å²) in [5, 5.41) is 10.2. The van der Waals surface area contributed by atoms with Gasteiger partial charge in [-0.25, -0.2) is 9.29 Å². The number of halogens is 3. The van der Waals surface area contributed by atoms with Crippen LogP contribution in [-0.4, -0.2) is 38.5 Å². The van der Waals surface area contributed by atoms with Crippen LogP contribution < -0.4 is 14.5 Å². The number of alkyl halides is 2. The second-order valence-corrected chi connectivity index (χ2v) is 13.6. The maximum atomic E-state index is 14.5. The number of hydrogen-bond donors (Lipinski definition) is 1. The van der Waals surface area contributed by atoms with E-state index >= 15 is 0 Å². The van der Waals surface area contributed by atoms with Gasteiger partial charge in [0.25, 0.3) is 11.8 Å². The predicted molar refractivity (Wildman–Crippen MR) is 167 cm³/mol. The number of imide groups is 2. The van der Waals surface area contributed by atoms with Crippen molar-refractivity contribution in [2.24, 2.45) is 23.7 Å². The number of para-hydroxylation sites is 1. The first-order valence-electron chi connectivity index (χ1n) is 14.9. The minimum atomic E-state index is -2.07. The lowest BCUT2D eigenvalue weighted by Crippen LogP contribution is -2.61. The standard InChI is InChI=1S/C35H25Cl2FN2O6/c36-34-16-26-24(11-12-25-28(26)31(43)39(30(25)42)21-4-2-1-3-5-21)29(19-14-18-15-23(41)10-13-27(18)46-17-19)35(34,37)33(45)40(32(34)44)22-8-6-20(38)7-9-22/h1-11,13,15,17,25-26,28-29,41H,12,14,16H2. The van der Waals surface area contributed by atoms with E-state index in [1.165, 1.54) is 29.4 Å². The Bertz CT molecular complexity index is 1930. The highest BCUT2D eigenvalue weighted by atomic mass is 35.5. The third kappa shape index (κ3) is 3.78. The van der Waals surface area contributed by atoms with Gasteiger partial charge in [-0.15, -0.1) is 23.2 Å². The van der Waals surface area contributed by atoms with E-state index in [1.807, 2.05) is 6.08 Å². The molecule has 46 heavy (non-hydrogen) atoms. The predicted octanol–water partition coefficient (Wildman–Crippen LogP) is 5.65. The number of benzene rings is 3. The molecule has 3 aromatic carbocycles. The summed E-state index contributed by atoms with van der Waals surface area (Å²) in [4.78, 5) is 54.7. The summed E-state index contributed by atoms with van der Waals surface area (Å²) in [6.45, 7) is 0. The van der Waals surface area contributed by atoms with Gasteiger partial charge in [0.05, 0.1) is 29.5 Å². The molecule has 3 aliphatic heterocycles. The number of allylic oxidation sites excluding steroid dienone is 3. The monoisotopic (exact) mass is 658 g/mol. The number of carbonyl (C=O) groups excluding carboxylic acids is 4. The van der Waals surface area contributed by atoms with E-state index < -0.39 is 57.0 Å². The van der Waals surface area contributed by atoms with Gasteiger partial charge in [-0.05, 0) is 78.9 Å². The number of fused-ring (bicyclic) bond motifs is 5. The maximum absolute atomic E-state index is 14.5. The van der Waals surface area contributed by atoms with E-state index in [1.54, 1.807) is 42.5 Å². The number of amides is 4. The first-order valence-corrected chi connectivity index (χ1v) is 15.6. The highest BCUT2D eigenvalue weighted by Gasteiger charge is 2.77. The number of nitrogens with zero attached hydrogens (tertiary/aromatic N) is 2. The van der Waals surface area contributed by atoms with Crippen molar-refractivity contribution in [3.8, 4) is 11.5 Å². The molecule has 6 unspecified atom stereocenters. The average Bonchev–Trinajstić information content (AvgIpc) is 3.39. The summed E-state index contributed by atoms with van der Waals surface area (Å²) in [6.07, 6.45) is 3.58. The number of phenols is 1. The van der Waals surface area contributed by atoms with E-state index in [2.05, 4.69) is 0 Å². The number of anilines is 2. The minimum Gasteiger partial charge on any atom is -0.508 e. The van der Waals surface area contributed by atoms with Gasteiger partial charge < -0.3 is 9.84 Å². The van der Waals surface area contributed by atoms with E-state index in [4.69, 9.17) is 27.9 Å². The highest BCUT2D eigenvalue weighted by molar-refractivity contribution is 6.58. The normalized spacial score (nSPS) is 31.5. The van der Waals surface area contributed by atoms with Crippen molar-refractivity contribution in [1.29, 1.82) is 0 Å². The lowest BCUT2D eigenvalue weighted by molar-refractivity contribution is -0.125. The fourth-order valence-electron chi connectivity index (χ4n) is 8.04. The molecular weight excluding hydrogens is 634 g/mol. The molecule has 0 bridgehead atoms. The third-order valence-corrected chi connectivity index (χ3v) is 11.5. The molecule has 2 saturated heterocycles. The van der Waals surface area contributed by atoms with Crippen LogP contribution in [0.2, 0.25) is 0 Å². The van der Waals surface area contributed by atoms with Crippen molar-refractivity contribution < 1.29 is 33.4 Å². The van der Waals surface area contributed by atoms with Crippen LogP contribution in [0, 0.1) is 29.5 Å². The van der Waals surface area contributed by atoms with Crippen LogP contribution in [-0.2, 0) is 25.6 Å². The largest absolute Gasteiger partial charge is 0.508 e. The van der Waals surface area contributed by atoms with Crippen molar-refractivity contribution in [2.45, 2.75) is 29.0 Å². The number of ether oxygens (including phenoxy) is 1. The van der Waals surface area contributed by atoms with Gasteiger partial charge in [0.1, 0.15) is 17.3 Å². The molecule has 3 fully saturated rings. The lowest BCUT2D eigenvalue weighted by atomic mass is 9.56. The molecule has 8 nitrogen and oxygen atoms in total. The molecule has 232 valence electrons. The Morgan fingerprint density at radius 3 is 2.30 bits per heavy atom. The molecule has 3 aromatic rings. The Hall–Kier alpha value is -4.47. The second-order valence-electron chi connectivity index (χ2n) is 12.4.